The number of anilines is 1. The zero-order chi connectivity index (χ0) is 28.9. The molecule has 0 saturated carbocycles. The van der Waals surface area contributed by atoms with Gasteiger partial charge in [0.2, 0.25) is 0 Å². The fourth-order valence-electron chi connectivity index (χ4n) is 5.80. The molecule has 1 aromatic carbocycles. The lowest BCUT2D eigenvalue weighted by atomic mass is 9.85. The van der Waals surface area contributed by atoms with Crippen LogP contribution in [0.3, 0.4) is 0 Å². The van der Waals surface area contributed by atoms with Gasteiger partial charge in [-0.25, -0.2) is 4.98 Å². The Balaban J connectivity index is 1.59. The Bertz CT molecular complexity index is 1360. The molecule has 4 atom stereocenters. The number of nitrogen functional groups attached to an aromatic ring is 1. The molecule has 218 valence electrons. The van der Waals surface area contributed by atoms with Crippen LogP contribution in [0.1, 0.15) is 78.9 Å². The predicted octanol–water partition coefficient (Wildman–Crippen LogP) is 4.37. The first-order valence-corrected chi connectivity index (χ1v) is 16.7. The average Bonchev–Trinajstić information content (AvgIpc) is 3.40. The highest BCUT2D eigenvalue weighted by Gasteiger charge is 2.29. The lowest BCUT2D eigenvalue weighted by Gasteiger charge is -2.24. The number of benzene rings is 1. The molecule has 0 fully saturated rings. The third-order valence-electron chi connectivity index (χ3n) is 8.34. The highest BCUT2D eigenvalue weighted by atomic mass is 33.1. The van der Waals surface area contributed by atoms with Crippen LogP contribution in [-0.2, 0) is 9.59 Å². The summed E-state index contributed by atoms with van der Waals surface area (Å²) in [5, 5.41) is 14.1. The first-order chi connectivity index (χ1) is 19.9. The topological polar surface area (TPSA) is 119 Å². The molecule has 1 aromatic heterocycles. The number of nitrogens with one attached hydrogen (secondary N) is 2. The number of nitrogens with two attached hydrogens (primary N) is 1. The maximum Gasteiger partial charge on any atom is 0.166 e. The van der Waals surface area contributed by atoms with Gasteiger partial charge in [0.25, 0.3) is 0 Å². The number of fused-ring (bicyclic) bond motifs is 8. The van der Waals surface area contributed by atoms with Crippen molar-refractivity contribution in [3.05, 3.63) is 64.6 Å². The Morgan fingerprint density at radius 2 is 2.05 bits per heavy atom. The molecular formula is C31H39N4O4S2+. The number of ether oxygens (including phenoxy) is 1. The van der Waals surface area contributed by atoms with Gasteiger partial charge >= 0.3 is 0 Å². The average molecular weight is 596 g/mol. The summed E-state index contributed by atoms with van der Waals surface area (Å²) in [7, 11) is 5.17. The van der Waals surface area contributed by atoms with E-state index in [0.717, 1.165) is 54.1 Å². The van der Waals surface area contributed by atoms with Crippen molar-refractivity contribution in [1.29, 1.82) is 0 Å². The molecule has 0 radical (unpaired) electrons. The zero-order valence-electron chi connectivity index (χ0n) is 23.7. The minimum absolute atomic E-state index is 0.000878. The van der Waals surface area contributed by atoms with Crippen molar-refractivity contribution in [2.24, 2.45) is 5.92 Å². The molecular weight excluding hydrogens is 556 g/mol. The highest BCUT2D eigenvalue weighted by Crippen LogP contribution is 2.45. The normalized spacial score (nSPS) is 25.2. The molecule has 1 aliphatic carbocycles. The molecule has 10 heteroatoms. The number of carbonyl (C=O) groups excluding carboxylic acids is 2. The number of methoxy groups -OCH3 is 1. The van der Waals surface area contributed by atoms with Crippen LogP contribution in [0.25, 0.3) is 6.08 Å². The van der Waals surface area contributed by atoms with Gasteiger partial charge < -0.3 is 20.9 Å². The summed E-state index contributed by atoms with van der Waals surface area (Å²) < 4.78 is 5.40. The number of phenols is 1. The van der Waals surface area contributed by atoms with E-state index in [9.17, 15) is 14.7 Å². The van der Waals surface area contributed by atoms with E-state index in [4.69, 9.17) is 10.5 Å². The molecule has 0 spiro atoms. The van der Waals surface area contributed by atoms with E-state index in [2.05, 4.69) is 29.5 Å². The van der Waals surface area contributed by atoms with Gasteiger partial charge in [0.1, 0.15) is 17.8 Å². The SMILES string of the molecule is CCC1CCC(=O)CC(=O)C2=Cc3cc(OC)c(O)cc3C(CC2)c2cnc(N)c(c2)C(C[NH+]2C=CNC2)SSC1. The molecule has 41 heavy (non-hydrogen) atoms. The Morgan fingerprint density at radius 1 is 1.20 bits per heavy atom. The first-order valence-electron chi connectivity index (χ1n) is 14.3. The summed E-state index contributed by atoms with van der Waals surface area (Å²) in [6.45, 7) is 3.84. The Morgan fingerprint density at radius 3 is 2.80 bits per heavy atom. The number of hydrogen-bond acceptors (Lipinski definition) is 9. The quantitative estimate of drug-likeness (QED) is 0.302. The van der Waals surface area contributed by atoms with E-state index in [1.165, 1.54) is 12.0 Å². The largest absolute Gasteiger partial charge is 0.504 e. The smallest absolute Gasteiger partial charge is 0.166 e. The molecule has 3 heterocycles. The molecule has 0 saturated heterocycles. The monoisotopic (exact) mass is 595 g/mol. The van der Waals surface area contributed by atoms with E-state index in [0.29, 0.717) is 42.3 Å². The number of hydrogen-bond donors (Lipinski definition) is 4. The molecule has 5 N–H and O–H groups in total. The number of nitrogens with zero attached hydrogens (tertiary/aromatic N) is 1. The summed E-state index contributed by atoms with van der Waals surface area (Å²) in [4.78, 5) is 32.3. The van der Waals surface area contributed by atoms with Crippen molar-refractivity contribution in [2.75, 3.05) is 31.8 Å². The van der Waals surface area contributed by atoms with E-state index in [-0.39, 0.29) is 34.9 Å². The summed E-state index contributed by atoms with van der Waals surface area (Å²) in [6.07, 6.45) is 11.1. The highest BCUT2D eigenvalue weighted by molar-refractivity contribution is 8.76. The van der Waals surface area contributed by atoms with E-state index in [1.54, 1.807) is 12.1 Å². The molecule has 4 bridgehead atoms. The van der Waals surface area contributed by atoms with Gasteiger partial charge in [-0.1, -0.05) is 34.9 Å². The molecule has 3 aliphatic rings. The van der Waals surface area contributed by atoms with Crippen molar-refractivity contribution < 1.29 is 24.3 Å². The summed E-state index contributed by atoms with van der Waals surface area (Å²) in [5.74, 6) is 2.00. The van der Waals surface area contributed by atoms with Crippen LogP contribution < -0.4 is 20.7 Å². The van der Waals surface area contributed by atoms with Crippen LogP contribution in [0, 0.1) is 5.92 Å². The van der Waals surface area contributed by atoms with Gasteiger partial charge in [-0.3, -0.25) is 14.5 Å². The lowest BCUT2D eigenvalue weighted by Crippen LogP contribution is -3.07. The van der Waals surface area contributed by atoms with Gasteiger partial charge in [-0.15, -0.1) is 0 Å². The molecule has 2 aliphatic heterocycles. The number of carbonyl (C=O) groups is 2. The number of allylic oxidation sites excluding steroid dienone is 1. The second kappa shape index (κ2) is 13.4. The summed E-state index contributed by atoms with van der Waals surface area (Å²) >= 11 is 0. The van der Waals surface area contributed by atoms with Crippen LogP contribution in [0.4, 0.5) is 5.82 Å². The van der Waals surface area contributed by atoms with Gasteiger partial charge in [-0.2, -0.15) is 0 Å². The maximum atomic E-state index is 13.4. The van der Waals surface area contributed by atoms with Crippen molar-refractivity contribution >= 4 is 45.0 Å². The lowest BCUT2D eigenvalue weighted by molar-refractivity contribution is -0.842. The number of aromatic nitrogens is 1. The number of Topliss-reactive ketones (excluding diaryl/α,β-unsaturated/α-hetero) is 2. The number of aromatic hydroxyl groups is 1. The third kappa shape index (κ3) is 6.93. The van der Waals surface area contributed by atoms with Crippen LogP contribution in [-0.4, -0.2) is 47.7 Å². The third-order valence-corrected chi connectivity index (χ3v) is 11.2. The Kier molecular flexibility index (Phi) is 9.62. The second-order valence-corrected chi connectivity index (χ2v) is 13.7. The molecule has 5 rings (SSSR count). The van der Waals surface area contributed by atoms with Crippen LogP contribution in [0.2, 0.25) is 0 Å². The van der Waals surface area contributed by atoms with Crippen molar-refractivity contribution in [3.63, 3.8) is 0 Å². The fourth-order valence-corrected chi connectivity index (χ4v) is 9.03. The maximum absolute atomic E-state index is 13.4. The fraction of sp³-hybridized carbons (Fsp3) is 0.452. The summed E-state index contributed by atoms with van der Waals surface area (Å²) in [6, 6.07) is 5.69. The van der Waals surface area contributed by atoms with E-state index < -0.39 is 0 Å². The number of quaternary nitrogens is 1. The minimum atomic E-state index is -0.123. The molecule has 4 unspecified atom stereocenters. The Hall–Kier alpha value is -2.95. The first kappa shape index (κ1) is 29.5. The number of pyridine rings is 1. The minimum Gasteiger partial charge on any atom is -0.504 e. The van der Waals surface area contributed by atoms with Gasteiger partial charge in [0.15, 0.2) is 24.0 Å². The van der Waals surface area contributed by atoms with Crippen molar-refractivity contribution in [3.8, 4) is 11.5 Å². The molecule has 2 aromatic rings. The van der Waals surface area contributed by atoms with Crippen LogP contribution in [0.5, 0.6) is 11.5 Å². The predicted molar refractivity (Wildman–Crippen MR) is 166 cm³/mol. The van der Waals surface area contributed by atoms with Crippen molar-refractivity contribution in [1.82, 2.24) is 10.3 Å². The zero-order valence-corrected chi connectivity index (χ0v) is 25.3. The second-order valence-electron chi connectivity index (χ2n) is 11.1. The molecule has 8 nitrogen and oxygen atoms in total. The van der Waals surface area contributed by atoms with Crippen LogP contribution in [0.15, 0.2) is 42.4 Å². The van der Waals surface area contributed by atoms with Crippen molar-refractivity contribution in [2.45, 2.75) is 56.6 Å². The Labute approximate surface area is 249 Å². The standard InChI is InChI=1S/C31H38N4O4S2/c1-3-19-4-6-23(36)13-27(37)20-5-7-24(25-14-28(38)29(39-2)12-21(25)10-20)22-11-26(31(32)34-15-22)30(41-40-17-19)16-35-9-8-33-18-35/h8-12,14-15,19,24,30,33,38H,3-7,13,16-18H2,1-2H3,(H2,32,34)/p+1. The number of phenolic OH excluding ortho intramolecular Hbond substituents is 1. The number of ketones is 2. The van der Waals surface area contributed by atoms with Gasteiger partial charge in [0, 0.05) is 29.9 Å². The van der Waals surface area contributed by atoms with Gasteiger partial charge in [-0.05, 0) is 71.7 Å². The van der Waals surface area contributed by atoms with E-state index in [1.807, 2.05) is 40.1 Å². The van der Waals surface area contributed by atoms with Gasteiger partial charge in [0.05, 0.1) is 31.5 Å². The summed E-state index contributed by atoms with van der Waals surface area (Å²) in [5.41, 5.74) is 10.9. The number of rotatable bonds is 4. The van der Waals surface area contributed by atoms with Crippen LogP contribution >= 0.6 is 21.6 Å². The van der Waals surface area contributed by atoms with E-state index >= 15 is 0 Å². The molecule has 0 amide bonds.